The molecule has 6 heteroatoms. The Morgan fingerprint density at radius 2 is 1.43 bits per heavy atom. The van der Waals surface area contributed by atoms with Crippen LogP contribution in [0.3, 0.4) is 0 Å². The predicted octanol–water partition coefficient (Wildman–Crippen LogP) is 4.10. The molecule has 6 nitrogen and oxygen atoms in total. The summed E-state index contributed by atoms with van der Waals surface area (Å²) in [5.74, 6) is -0.460. The van der Waals surface area contributed by atoms with Crippen molar-refractivity contribution in [2.45, 2.75) is 13.3 Å². The number of carbonyl (C=O) groups excluding carboxylic acids is 3. The molecule has 0 radical (unpaired) electrons. The van der Waals surface area contributed by atoms with Crippen molar-refractivity contribution in [3.63, 3.8) is 0 Å². The molecule has 0 aliphatic carbocycles. The third kappa shape index (κ3) is 4.07. The van der Waals surface area contributed by atoms with Gasteiger partial charge in [-0.2, -0.15) is 0 Å². The standard InChI is InChI=1S/C24H21N3O3/c1-16(28)27-13-12-18-14-19(10-11-22(18)27)24(30)26-21-9-5-8-20(15-21)25-23(29)17-6-3-2-4-7-17/h2-11,14-15H,12-13H2,1H3,(H,25,29)(H,26,30). The Morgan fingerprint density at radius 3 is 2.10 bits per heavy atom. The van der Waals surface area contributed by atoms with Crippen LogP contribution in [0.1, 0.15) is 33.2 Å². The number of hydrogen-bond acceptors (Lipinski definition) is 3. The third-order valence-electron chi connectivity index (χ3n) is 5.03. The van der Waals surface area contributed by atoms with Gasteiger partial charge in [0.2, 0.25) is 5.91 Å². The van der Waals surface area contributed by atoms with Crippen LogP contribution >= 0.6 is 0 Å². The van der Waals surface area contributed by atoms with Crippen LogP contribution in [0.15, 0.2) is 72.8 Å². The van der Waals surface area contributed by atoms with Crippen molar-refractivity contribution in [2.24, 2.45) is 0 Å². The molecule has 0 atom stereocenters. The van der Waals surface area contributed by atoms with E-state index in [4.69, 9.17) is 0 Å². The Morgan fingerprint density at radius 1 is 0.767 bits per heavy atom. The van der Waals surface area contributed by atoms with Gasteiger partial charge in [0, 0.05) is 41.7 Å². The molecule has 150 valence electrons. The molecule has 0 saturated heterocycles. The molecular weight excluding hydrogens is 378 g/mol. The number of nitrogens with zero attached hydrogens (tertiary/aromatic N) is 1. The molecule has 0 bridgehead atoms. The Hall–Kier alpha value is -3.93. The molecule has 2 N–H and O–H groups in total. The number of rotatable bonds is 4. The second-order valence-electron chi connectivity index (χ2n) is 7.12. The molecule has 0 fully saturated rings. The molecule has 30 heavy (non-hydrogen) atoms. The molecule has 0 saturated carbocycles. The van der Waals surface area contributed by atoms with Crippen LogP contribution < -0.4 is 15.5 Å². The molecule has 1 heterocycles. The van der Waals surface area contributed by atoms with Crippen molar-refractivity contribution in [2.75, 3.05) is 22.1 Å². The van der Waals surface area contributed by atoms with Crippen molar-refractivity contribution in [3.8, 4) is 0 Å². The number of nitrogens with one attached hydrogen (secondary N) is 2. The van der Waals surface area contributed by atoms with E-state index in [0.29, 0.717) is 29.0 Å². The fourth-order valence-corrected chi connectivity index (χ4v) is 3.54. The summed E-state index contributed by atoms with van der Waals surface area (Å²) in [7, 11) is 0. The van der Waals surface area contributed by atoms with Crippen LogP contribution in [0.5, 0.6) is 0 Å². The highest BCUT2D eigenvalue weighted by molar-refractivity contribution is 6.07. The summed E-state index contributed by atoms with van der Waals surface area (Å²) in [6, 6.07) is 21.3. The highest BCUT2D eigenvalue weighted by Crippen LogP contribution is 2.29. The lowest BCUT2D eigenvalue weighted by atomic mass is 10.1. The van der Waals surface area contributed by atoms with Gasteiger partial charge < -0.3 is 15.5 Å². The van der Waals surface area contributed by atoms with E-state index in [9.17, 15) is 14.4 Å². The first-order valence-electron chi connectivity index (χ1n) is 9.70. The zero-order valence-corrected chi connectivity index (χ0v) is 16.5. The van der Waals surface area contributed by atoms with Crippen molar-refractivity contribution in [3.05, 3.63) is 89.5 Å². The van der Waals surface area contributed by atoms with Gasteiger partial charge in [-0.25, -0.2) is 0 Å². The maximum absolute atomic E-state index is 12.7. The second-order valence-corrected chi connectivity index (χ2v) is 7.12. The van der Waals surface area contributed by atoms with Crippen LogP contribution in [0.4, 0.5) is 17.1 Å². The van der Waals surface area contributed by atoms with E-state index in [0.717, 1.165) is 17.7 Å². The number of fused-ring (bicyclic) bond motifs is 1. The Labute approximate surface area is 174 Å². The summed E-state index contributed by atoms with van der Waals surface area (Å²) in [5.41, 5.74) is 4.11. The van der Waals surface area contributed by atoms with E-state index in [2.05, 4.69) is 10.6 Å². The fourth-order valence-electron chi connectivity index (χ4n) is 3.54. The highest BCUT2D eigenvalue weighted by atomic mass is 16.2. The maximum Gasteiger partial charge on any atom is 0.255 e. The van der Waals surface area contributed by atoms with Crippen LogP contribution in [-0.2, 0) is 11.2 Å². The SMILES string of the molecule is CC(=O)N1CCc2cc(C(=O)Nc3cccc(NC(=O)c4ccccc4)c3)ccc21. The highest BCUT2D eigenvalue weighted by Gasteiger charge is 2.23. The zero-order valence-electron chi connectivity index (χ0n) is 16.5. The molecule has 0 aromatic heterocycles. The molecule has 3 aromatic rings. The minimum atomic E-state index is -0.245. The third-order valence-corrected chi connectivity index (χ3v) is 5.03. The van der Waals surface area contributed by atoms with Gasteiger partial charge >= 0.3 is 0 Å². The molecular formula is C24H21N3O3. The van der Waals surface area contributed by atoms with E-state index >= 15 is 0 Å². The molecule has 0 unspecified atom stereocenters. The van der Waals surface area contributed by atoms with Crippen LogP contribution in [0.25, 0.3) is 0 Å². The van der Waals surface area contributed by atoms with E-state index in [1.807, 2.05) is 18.2 Å². The van der Waals surface area contributed by atoms with Crippen LogP contribution in [-0.4, -0.2) is 24.3 Å². The smallest absolute Gasteiger partial charge is 0.255 e. The van der Waals surface area contributed by atoms with Gasteiger partial charge in [-0.1, -0.05) is 24.3 Å². The molecule has 1 aliphatic heterocycles. The normalized spacial score (nSPS) is 12.2. The summed E-state index contributed by atoms with van der Waals surface area (Å²) < 4.78 is 0. The molecule has 0 spiro atoms. The molecule has 4 rings (SSSR count). The molecule has 3 aromatic carbocycles. The van der Waals surface area contributed by atoms with E-state index < -0.39 is 0 Å². The summed E-state index contributed by atoms with van der Waals surface area (Å²) >= 11 is 0. The minimum absolute atomic E-state index is 0.000293. The van der Waals surface area contributed by atoms with Crippen LogP contribution in [0, 0.1) is 0 Å². The number of amides is 3. The van der Waals surface area contributed by atoms with Crippen molar-refractivity contribution < 1.29 is 14.4 Å². The van der Waals surface area contributed by atoms with Crippen LogP contribution in [0.2, 0.25) is 0 Å². The Bertz CT molecular complexity index is 1130. The van der Waals surface area contributed by atoms with Gasteiger partial charge in [-0.3, -0.25) is 14.4 Å². The summed E-state index contributed by atoms with van der Waals surface area (Å²) in [5, 5.41) is 5.70. The van der Waals surface area contributed by atoms with Gasteiger partial charge in [0.15, 0.2) is 0 Å². The van der Waals surface area contributed by atoms with Gasteiger partial charge in [0.1, 0.15) is 0 Å². The number of benzene rings is 3. The maximum atomic E-state index is 12.7. The summed E-state index contributed by atoms with van der Waals surface area (Å²) in [6.07, 6.45) is 0.733. The topological polar surface area (TPSA) is 78.5 Å². The number of anilines is 3. The molecule has 3 amide bonds. The van der Waals surface area contributed by atoms with Gasteiger partial charge in [0.25, 0.3) is 11.8 Å². The first kappa shape index (κ1) is 19.4. The van der Waals surface area contributed by atoms with Gasteiger partial charge in [-0.05, 0) is 60.5 Å². The number of hydrogen-bond donors (Lipinski definition) is 2. The predicted molar refractivity (Wildman–Crippen MR) is 117 cm³/mol. The van der Waals surface area contributed by atoms with E-state index in [1.54, 1.807) is 66.4 Å². The monoisotopic (exact) mass is 399 g/mol. The van der Waals surface area contributed by atoms with E-state index in [-0.39, 0.29) is 17.7 Å². The molecule has 1 aliphatic rings. The van der Waals surface area contributed by atoms with E-state index in [1.165, 1.54) is 0 Å². The average molecular weight is 399 g/mol. The Kier molecular flexibility index (Phi) is 5.30. The van der Waals surface area contributed by atoms with Crippen molar-refractivity contribution in [1.29, 1.82) is 0 Å². The van der Waals surface area contributed by atoms with Gasteiger partial charge in [-0.15, -0.1) is 0 Å². The lowest BCUT2D eigenvalue weighted by molar-refractivity contribution is -0.116. The Balaban J connectivity index is 1.46. The second kappa shape index (κ2) is 8.21. The van der Waals surface area contributed by atoms with Crippen molar-refractivity contribution >= 4 is 34.8 Å². The lowest BCUT2D eigenvalue weighted by Gasteiger charge is -2.15. The quantitative estimate of drug-likeness (QED) is 0.693. The average Bonchev–Trinajstić information content (AvgIpc) is 3.18. The fraction of sp³-hybridized carbons (Fsp3) is 0.125. The lowest BCUT2D eigenvalue weighted by Crippen LogP contribution is -2.25. The largest absolute Gasteiger partial charge is 0.322 e. The zero-order chi connectivity index (χ0) is 21.1. The first-order valence-corrected chi connectivity index (χ1v) is 9.70. The number of carbonyl (C=O) groups is 3. The summed E-state index contributed by atoms with van der Waals surface area (Å²) in [4.78, 5) is 38.4. The minimum Gasteiger partial charge on any atom is -0.322 e. The summed E-state index contributed by atoms with van der Waals surface area (Å²) in [6.45, 7) is 2.18. The first-order chi connectivity index (χ1) is 14.5. The van der Waals surface area contributed by atoms with Gasteiger partial charge in [0.05, 0.1) is 0 Å². The van der Waals surface area contributed by atoms with Crippen molar-refractivity contribution in [1.82, 2.24) is 0 Å².